The van der Waals surface area contributed by atoms with Crippen LogP contribution in [0.4, 0.5) is 10.5 Å². The first-order chi connectivity index (χ1) is 18.1. The number of ether oxygens (including phenoxy) is 1. The molecular formula is C27H32ClN7O3. The molecular weight excluding hydrogens is 506 g/mol. The number of hydrogen-bond acceptors (Lipinski definition) is 8. The zero-order valence-corrected chi connectivity index (χ0v) is 22.8. The molecule has 0 spiro atoms. The average Bonchev–Trinajstić information content (AvgIpc) is 3.48. The monoisotopic (exact) mass is 537 g/mol. The topological polar surface area (TPSA) is 112 Å². The Balaban J connectivity index is 1.27. The number of amides is 1. The van der Waals surface area contributed by atoms with E-state index in [0.717, 1.165) is 66.5 Å². The zero-order valence-electron chi connectivity index (χ0n) is 22.0. The molecule has 1 aliphatic heterocycles. The van der Waals surface area contributed by atoms with Crippen LogP contribution in [0.25, 0.3) is 22.6 Å². The van der Waals surface area contributed by atoms with Gasteiger partial charge in [-0.2, -0.15) is 0 Å². The summed E-state index contributed by atoms with van der Waals surface area (Å²) in [6.07, 6.45) is 1.23. The standard InChI is InChI=1S/C27H32ClN7O3/c1-17-13-20(33-38-17)16-34-9-11-35(12-10-34)23-21(28)15-29-25-22(23)31-24(32-25)19-7-5-18(6-8-19)14-30-26(36)37-27(2,3)4/h5-8,13,15H,9-12,14,16H2,1-4H3,(H,30,36)(H,29,31,32). The van der Waals surface area contributed by atoms with E-state index in [-0.39, 0.29) is 0 Å². The Kier molecular flexibility index (Phi) is 7.27. The molecule has 0 atom stereocenters. The highest BCUT2D eigenvalue weighted by Gasteiger charge is 2.24. The highest BCUT2D eigenvalue weighted by atomic mass is 35.5. The SMILES string of the molecule is Cc1cc(CN2CCN(c3c(Cl)cnc4nc(-c5ccc(CNC(=O)OC(C)(C)C)cc5)[nH]c34)CC2)no1. The Morgan fingerprint density at radius 3 is 2.58 bits per heavy atom. The van der Waals surface area contributed by atoms with Crippen LogP contribution in [-0.4, -0.2) is 62.9 Å². The lowest BCUT2D eigenvalue weighted by atomic mass is 10.1. The van der Waals surface area contributed by atoms with E-state index in [1.165, 1.54) is 0 Å². The molecule has 5 rings (SSSR count). The van der Waals surface area contributed by atoms with Gasteiger partial charge in [0.15, 0.2) is 5.65 Å². The molecule has 1 aliphatic rings. The number of aromatic amines is 1. The second-order valence-corrected chi connectivity index (χ2v) is 10.9. The number of carbonyl (C=O) groups excluding carboxylic acids is 1. The summed E-state index contributed by atoms with van der Waals surface area (Å²) in [6.45, 7) is 12.0. The average molecular weight is 538 g/mol. The maximum Gasteiger partial charge on any atom is 0.407 e. The quantitative estimate of drug-likeness (QED) is 0.356. The molecule has 0 radical (unpaired) electrons. The molecule has 11 heteroatoms. The number of pyridine rings is 1. The van der Waals surface area contributed by atoms with E-state index in [4.69, 9.17) is 25.8 Å². The van der Waals surface area contributed by atoms with Crippen molar-refractivity contribution in [3.05, 3.63) is 58.6 Å². The predicted molar refractivity (Wildman–Crippen MR) is 146 cm³/mol. The maximum absolute atomic E-state index is 11.9. The number of nitrogens with one attached hydrogen (secondary N) is 2. The number of nitrogens with zero attached hydrogens (tertiary/aromatic N) is 5. The number of alkyl carbamates (subject to hydrolysis) is 1. The van der Waals surface area contributed by atoms with Gasteiger partial charge in [0, 0.05) is 50.9 Å². The van der Waals surface area contributed by atoms with Crippen LogP contribution in [0.2, 0.25) is 5.02 Å². The summed E-state index contributed by atoms with van der Waals surface area (Å²) in [6, 6.07) is 9.82. The van der Waals surface area contributed by atoms with Crippen molar-refractivity contribution in [3.63, 3.8) is 0 Å². The second-order valence-electron chi connectivity index (χ2n) is 10.5. The molecule has 1 aromatic carbocycles. The molecule has 38 heavy (non-hydrogen) atoms. The summed E-state index contributed by atoms with van der Waals surface area (Å²) in [7, 11) is 0. The van der Waals surface area contributed by atoms with Gasteiger partial charge in [0.05, 0.1) is 22.6 Å². The van der Waals surface area contributed by atoms with Gasteiger partial charge in [0.25, 0.3) is 0 Å². The Morgan fingerprint density at radius 2 is 1.92 bits per heavy atom. The molecule has 0 bridgehead atoms. The van der Waals surface area contributed by atoms with E-state index in [0.29, 0.717) is 23.0 Å². The van der Waals surface area contributed by atoms with Gasteiger partial charge in [-0.25, -0.2) is 14.8 Å². The molecule has 0 saturated carbocycles. The van der Waals surface area contributed by atoms with E-state index in [9.17, 15) is 4.79 Å². The number of H-pyrrole nitrogens is 1. The normalized spacial score (nSPS) is 14.7. The third-order valence-electron chi connectivity index (χ3n) is 6.26. The Bertz CT molecular complexity index is 1420. The third-order valence-corrected chi connectivity index (χ3v) is 6.54. The number of hydrogen-bond donors (Lipinski definition) is 2. The number of benzene rings is 1. The van der Waals surface area contributed by atoms with Crippen LogP contribution < -0.4 is 10.2 Å². The smallest absolute Gasteiger partial charge is 0.407 e. The van der Waals surface area contributed by atoms with E-state index in [2.05, 4.69) is 30.2 Å². The molecule has 4 heterocycles. The van der Waals surface area contributed by atoms with Crippen LogP contribution >= 0.6 is 11.6 Å². The van der Waals surface area contributed by atoms with Crippen molar-refractivity contribution in [1.29, 1.82) is 0 Å². The first kappa shape index (κ1) is 26.0. The van der Waals surface area contributed by atoms with Crippen molar-refractivity contribution in [1.82, 2.24) is 30.3 Å². The lowest BCUT2D eigenvalue weighted by molar-refractivity contribution is 0.0523. The number of imidazole rings is 1. The predicted octanol–water partition coefficient (Wildman–Crippen LogP) is 4.92. The summed E-state index contributed by atoms with van der Waals surface area (Å²) in [5.41, 5.74) is 4.65. The number of piperazine rings is 1. The summed E-state index contributed by atoms with van der Waals surface area (Å²) in [5, 5.41) is 7.48. The van der Waals surface area contributed by atoms with Gasteiger partial charge in [0.1, 0.15) is 22.7 Å². The molecule has 10 nitrogen and oxygen atoms in total. The Hall–Kier alpha value is -3.63. The largest absolute Gasteiger partial charge is 0.444 e. The van der Waals surface area contributed by atoms with Gasteiger partial charge in [-0.1, -0.05) is 41.0 Å². The number of rotatable bonds is 6. The van der Waals surface area contributed by atoms with Gasteiger partial charge >= 0.3 is 6.09 Å². The fraction of sp³-hybridized carbons (Fsp3) is 0.407. The van der Waals surface area contributed by atoms with Crippen LogP contribution in [0.3, 0.4) is 0 Å². The highest BCUT2D eigenvalue weighted by Crippen LogP contribution is 2.34. The summed E-state index contributed by atoms with van der Waals surface area (Å²) >= 11 is 6.65. The van der Waals surface area contributed by atoms with Gasteiger partial charge in [0.2, 0.25) is 0 Å². The van der Waals surface area contributed by atoms with Crippen molar-refractivity contribution in [2.24, 2.45) is 0 Å². The molecule has 3 aromatic heterocycles. The van der Waals surface area contributed by atoms with Crippen molar-refractivity contribution in [2.45, 2.75) is 46.4 Å². The summed E-state index contributed by atoms with van der Waals surface area (Å²) in [4.78, 5) is 29.2. The van der Waals surface area contributed by atoms with Gasteiger partial charge in [-0.15, -0.1) is 0 Å². The lowest BCUT2D eigenvalue weighted by Crippen LogP contribution is -2.46. The number of halogens is 1. The maximum atomic E-state index is 11.9. The van der Waals surface area contributed by atoms with Gasteiger partial charge < -0.3 is 24.5 Å². The minimum atomic E-state index is -0.532. The van der Waals surface area contributed by atoms with E-state index in [1.807, 2.05) is 58.0 Å². The van der Waals surface area contributed by atoms with E-state index in [1.54, 1.807) is 6.20 Å². The fourth-order valence-corrected chi connectivity index (χ4v) is 4.75. The number of anilines is 1. The second kappa shape index (κ2) is 10.6. The zero-order chi connectivity index (χ0) is 26.9. The van der Waals surface area contributed by atoms with Gasteiger partial charge in [-0.3, -0.25) is 4.90 Å². The number of aromatic nitrogens is 4. The van der Waals surface area contributed by atoms with Crippen LogP contribution in [0, 0.1) is 6.92 Å². The van der Waals surface area contributed by atoms with Gasteiger partial charge in [-0.05, 0) is 33.3 Å². The molecule has 0 aliphatic carbocycles. The van der Waals surface area contributed by atoms with Crippen LogP contribution in [-0.2, 0) is 17.8 Å². The van der Waals surface area contributed by atoms with Crippen molar-refractivity contribution in [2.75, 3.05) is 31.1 Å². The molecule has 1 fully saturated rings. The summed E-state index contributed by atoms with van der Waals surface area (Å²) < 4.78 is 10.5. The highest BCUT2D eigenvalue weighted by molar-refractivity contribution is 6.34. The van der Waals surface area contributed by atoms with Crippen molar-refractivity contribution < 1.29 is 14.1 Å². The van der Waals surface area contributed by atoms with E-state index < -0.39 is 11.7 Å². The molecule has 1 saturated heterocycles. The molecule has 200 valence electrons. The van der Waals surface area contributed by atoms with Crippen molar-refractivity contribution in [3.8, 4) is 11.4 Å². The minimum Gasteiger partial charge on any atom is -0.444 e. The summed E-state index contributed by atoms with van der Waals surface area (Å²) in [5.74, 6) is 1.54. The van der Waals surface area contributed by atoms with Crippen LogP contribution in [0.1, 0.15) is 37.8 Å². The fourth-order valence-electron chi connectivity index (χ4n) is 4.49. The Labute approximate surface area is 226 Å². The third kappa shape index (κ3) is 6.08. The van der Waals surface area contributed by atoms with Crippen molar-refractivity contribution >= 4 is 34.5 Å². The van der Waals surface area contributed by atoms with Crippen LogP contribution in [0.15, 0.2) is 41.1 Å². The molecule has 1 amide bonds. The van der Waals surface area contributed by atoms with Crippen LogP contribution in [0.5, 0.6) is 0 Å². The first-order valence-corrected chi connectivity index (χ1v) is 13.0. The molecule has 2 N–H and O–H groups in total. The molecule has 0 unspecified atom stereocenters. The lowest BCUT2D eigenvalue weighted by Gasteiger charge is -2.36. The first-order valence-electron chi connectivity index (χ1n) is 12.6. The number of fused-ring (bicyclic) bond motifs is 1. The number of carbonyl (C=O) groups is 1. The Morgan fingerprint density at radius 1 is 1.18 bits per heavy atom. The van der Waals surface area contributed by atoms with E-state index >= 15 is 0 Å². The molecule has 4 aromatic rings. The number of aryl methyl sites for hydroxylation is 1. The minimum absolute atomic E-state index is 0.374.